The van der Waals surface area contributed by atoms with Crippen LogP contribution in [0.1, 0.15) is 52.0 Å². The van der Waals surface area contributed by atoms with Crippen LogP contribution < -0.4 is 0 Å². The van der Waals surface area contributed by atoms with Crippen LogP contribution in [0, 0.1) is 22.2 Å². The highest BCUT2D eigenvalue weighted by Gasteiger charge is 2.50. The molecule has 0 spiro atoms. The summed E-state index contributed by atoms with van der Waals surface area (Å²) < 4.78 is 1.03. The zero-order chi connectivity index (χ0) is 15.7. The number of hydrogen-bond donors (Lipinski definition) is 1. The average Bonchev–Trinajstić information content (AvgIpc) is 2.41. The number of rotatable bonds is 3. The molecule has 114 valence electrons. The molecule has 1 saturated carbocycles. The van der Waals surface area contributed by atoms with Gasteiger partial charge in [0, 0.05) is 10.9 Å². The number of nitriles is 1. The SMILES string of the molecule is CC1(C)CCC(C#N)(C(C)(O)Cc2ccc(Br)cc2)CC1. The zero-order valence-electron chi connectivity index (χ0n) is 13.1. The zero-order valence-corrected chi connectivity index (χ0v) is 14.7. The second-order valence-corrected chi connectivity index (χ2v) is 8.35. The molecule has 1 N–H and O–H groups in total. The highest BCUT2D eigenvalue weighted by atomic mass is 79.9. The monoisotopic (exact) mass is 349 g/mol. The van der Waals surface area contributed by atoms with E-state index in [1.807, 2.05) is 31.2 Å². The van der Waals surface area contributed by atoms with Gasteiger partial charge in [-0.2, -0.15) is 5.26 Å². The molecule has 0 aliphatic heterocycles. The molecule has 1 aliphatic rings. The van der Waals surface area contributed by atoms with Crippen LogP contribution >= 0.6 is 15.9 Å². The summed E-state index contributed by atoms with van der Waals surface area (Å²) in [7, 11) is 0. The molecule has 1 aliphatic carbocycles. The first-order valence-corrected chi connectivity index (χ1v) is 8.37. The number of benzene rings is 1. The third-order valence-corrected chi connectivity index (χ3v) is 5.69. The van der Waals surface area contributed by atoms with Gasteiger partial charge in [-0.05, 0) is 55.7 Å². The molecule has 0 bridgehead atoms. The van der Waals surface area contributed by atoms with E-state index in [0.717, 1.165) is 35.7 Å². The van der Waals surface area contributed by atoms with E-state index < -0.39 is 11.0 Å². The average molecular weight is 350 g/mol. The normalized spacial score (nSPS) is 23.0. The van der Waals surface area contributed by atoms with Gasteiger partial charge in [0.2, 0.25) is 0 Å². The van der Waals surface area contributed by atoms with E-state index in [2.05, 4.69) is 35.8 Å². The van der Waals surface area contributed by atoms with Gasteiger partial charge in [-0.1, -0.05) is 41.9 Å². The Hall–Kier alpha value is -0.850. The van der Waals surface area contributed by atoms with Crippen LogP contribution in [0.25, 0.3) is 0 Å². The quantitative estimate of drug-likeness (QED) is 0.847. The fraction of sp³-hybridized carbons (Fsp3) is 0.611. The second-order valence-electron chi connectivity index (χ2n) is 7.44. The molecule has 0 heterocycles. The molecule has 1 aromatic carbocycles. The third kappa shape index (κ3) is 3.49. The topological polar surface area (TPSA) is 44.0 Å². The Morgan fingerprint density at radius 3 is 2.19 bits per heavy atom. The molecule has 2 nitrogen and oxygen atoms in total. The van der Waals surface area contributed by atoms with Crippen molar-refractivity contribution < 1.29 is 5.11 Å². The Balaban J connectivity index is 2.20. The molecule has 0 radical (unpaired) electrons. The lowest BCUT2D eigenvalue weighted by Gasteiger charge is -2.47. The summed E-state index contributed by atoms with van der Waals surface area (Å²) in [5.74, 6) is 0. The molecule has 0 aromatic heterocycles. The molecule has 21 heavy (non-hydrogen) atoms. The van der Waals surface area contributed by atoms with E-state index in [0.29, 0.717) is 6.42 Å². The van der Waals surface area contributed by atoms with Crippen molar-refractivity contribution in [1.82, 2.24) is 0 Å². The van der Waals surface area contributed by atoms with Crippen molar-refractivity contribution in [3.8, 4) is 6.07 Å². The predicted molar refractivity (Wildman–Crippen MR) is 88.8 cm³/mol. The van der Waals surface area contributed by atoms with Gasteiger partial charge >= 0.3 is 0 Å². The van der Waals surface area contributed by atoms with Crippen molar-refractivity contribution in [1.29, 1.82) is 5.26 Å². The minimum atomic E-state index is -0.994. The van der Waals surface area contributed by atoms with Crippen LogP contribution in [-0.4, -0.2) is 10.7 Å². The van der Waals surface area contributed by atoms with E-state index in [9.17, 15) is 10.4 Å². The Morgan fingerprint density at radius 1 is 1.19 bits per heavy atom. The van der Waals surface area contributed by atoms with Crippen molar-refractivity contribution in [3.63, 3.8) is 0 Å². The molecular formula is C18H24BrNO. The van der Waals surface area contributed by atoms with E-state index in [1.54, 1.807) is 0 Å². The molecule has 1 aromatic rings. The molecule has 0 amide bonds. The standard InChI is InChI=1S/C18H24BrNO/c1-16(2)8-10-18(13-20,11-9-16)17(3,21)12-14-4-6-15(19)7-5-14/h4-7,21H,8-12H2,1-3H3. The summed E-state index contributed by atoms with van der Waals surface area (Å²) in [4.78, 5) is 0. The van der Waals surface area contributed by atoms with Gasteiger partial charge in [0.25, 0.3) is 0 Å². The Bertz CT molecular complexity index is 529. The number of halogens is 1. The van der Waals surface area contributed by atoms with Crippen LogP contribution in [0.2, 0.25) is 0 Å². The lowest BCUT2D eigenvalue weighted by molar-refractivity contribution is -0.0709. The van der Waals surface area contributed by atoms with Crippen LogP contribution in [-0.2, 0) is 6.42 Å². The maximum atomic E-state index is 11.0. The summed E-state index contributed by atoms with van der Waals surface area (Å²) in [6.45, 7) is 6.33. The van der Waals surface area contributed by atoms with E-state index in [-0.39, 0.29) is 5.41 Å². The van der Waals surface area contributed by atoms with Crippen molar-refractivity contribution >= 4 is 15.9 Å². The van der Waals surface area contributed by atoms with Gasteiger partial charge < -0.3 is 5.11 Å². The van der Waals surface area contributed by atoms with Gasteiger partial charge in [-0.3, -0.25) is 0 Å². The molecule has 3 heteroatoms. The van der Waals surface area contributed by atoms with Crippen LogP contribution in [0.3, 0.4) is 0 Å². The molecule has 1 fully saturated rings. The van der Waals surface area contributed by atoms with Gasteiger partial charge in [-0.25, -0.2) is 0 Å². The summed E-state index contributed by atoms with van der Waals surface area (Å²) in [5, 5.41) is 20.8. The summed E-state index contributed by atoms with van der Waals surface area (Å²) in [6.07, 6.45) is 4.07. The van der Waals surface area contributed by atoms with Crippen molar-refractivity contribution in [2.24, 2.45) is 10.8 Å². The van der Waals surface area contributed by atoms with Gasteiger partial charge in [0.15, 0.2) is 0 Å². The summed E-state index contributed by atoms with van der Waals surface area (Å²) in [5.41, 5.74) is -0.266. The highest BCUT2D eigenvalue weighted by molar-refractivity contribution is 9.10. The maximum absolute atomic E-state index is 11.0. The first-order chi connectivity index (χ1) is 9.70. The molecule has 1 atom stereocenters. The van der Waals surface area contributed by atoms with Gasteiger partial charge in [0.1, 0.15) is 0 Å². The lowest BCUT2D eigenvalue weighted by atomic mass is 9.58. The van der Waals surface area contributed by atoms with Crippen LogP contribution in [0.5, 0.6) is 0 Å². The van der Waals surface area contributed by atoms with E-state index in [4.69, 9.17) is 0 Å². The molecule has 1 unspecified atom stereocenters. The van der Waals surface area contributed by atoms with Crippen LogP contribution in [0.4, 0.5) is 0 Å². The summed E-state index contributed by atoms with van der Waals surface area (Å²) in [6, 6.07) is 10.4. The van der Waals surface area contributed by atoms with Crippen molar-refractivity contribution in [3.05, 3.63) is 34.3 Å². The van der Waals surface area contributed by atoms with Gasteiger partial charge in [0.05, 0.1) is 17.1 Å². The minimum Gasteiger partial charge on any atom is -0.388 e. The fourth-order valence-electron chi connectivity index (χ4n) is 3.29. The summed E-state index contributed by atoms with van der Waals surface area (Å²) >= 11 is 3.42. The number of nitrogens with zero attached hydrogens (tertiary/aromatic N) is 1. The Labute approximate surface area is 136 Å². The van der Waals surface area contributed by atoms with Crippen molar-refractivity contribution in [2.75, 3.05) is 0 Å². The fourth-order valence-corrected chi connectivity index (χ4v) is 3.56. The van der Waals surface area contributed by atoms with E-state index >= 15 is 0 Å². The lowest BCUT2D eigenvalue weighted by Crippen LogP contribution is -2.49. The predicted octanol–water partition coefficient (Wildman–Crippen LogP) is 4.85. The van der Waals surface area contributed by atoms with E-state index in [1.165, 1.54) is 0 Å². The first-order valence-electron chi connectivity index (χ1n) is 7.58. The number of aliphatic hydroxyl groups is 1. The second kappa shape index (κ2) is 5.74. The first kappa shape index (κ1) is 16.5. The van der Waals surface area contributed by atoms with Crippen LogP contribution in [0.15, 0.2) is 28.7 Å². The number of hydrogen-bond acceptors (Lipinski definition) is 2. The van der Waals surface area contributed by atoms with Crippen molar-refractivity contribution in [2.45, 2.75) is 58.5 Å². The molecule has 2 rings (SSSR count). The minimum absolute atomic E-state index is 0.286. The largest absolute Gasteiger partial charge is 0.388 e. The maximum Gasteiger partial charge on any atom is 0.0861 e. The highest BCUT2D eigenvalue weighted by Crippen LogP contribution is 2.51. The Morgan fingerprint density at radius 2 is 1.71 bits per heavy atom. The molecular weight excluding hydrogens is 326 g/mol. The van der Waals surface area contributed by atoms with Gasteiger partial charge in [-0.15, -0.1) is 0 Å². The Kier molecular flexibility index (Phi) is 4.52. The third-order valence-electron chi connectivity index (χ3n) is 5.16. The molecule has 0 saturated heterocycles. The smallest absolute Gasteiger partial charge is 0.0861 e.